The van der Waals surface area contributed by atoms with Gasteiger partial charge in [-0.15, -0.1) is 0 Å². The molecule has 0 aromatic carbocycles. The van der Waals surface area contributed by atoms with E-state index in [-0.39, 0.29) is 0 Å². The van der Waals surface area contributed by atoms with Crippen molar-refractivity contribution in [1.29, 1.82) is 0 Å². The normalized spacial score (nSPS) is 35.8. The Bertz CT molecular complexity index is 311. The minimum absolute atomic E-state index is 0.543. The molecule has 4 nitrogen and oxygen atoms in total. The van der Waals surface area contributed by atoms with Gasteiger partial charge in [-0.2, -0.15) is 0 Å². The first-order chi connectivity index (χ1) is 8.24. The fourth-order valence-corrected chi connectivity index (χ4v) is 3.33. The van der Waals surface area contributed by atoms with Gasteiger partial charge >= 0.3 is 0 Å². The van der Waals surface area contributed by atoms with E-state index in [1.54, 1.807) is 0 Å². The van der Waals surface area contributed by atoms with Gasteiger partial charge in [0.1, 0.15) is 0 Å². The minimum Gasteiger partial charge on any atom is -0.370 e. The standard InChI is InChI=1S/C13H24N4/c1-16-7-2-3-10-9-17(8-6-12(10)16)13(14)15-11-4-5-11/h10-12H,2-9H2,1H3,(H2,14,15). The summed E-state index contributed by atoms with van der Waals surface area (Å²) >= 11 is 0. The average molecular weight is 236 g/mol. The lowest BCUT2D eigenvalue weighted by Crippen LogP contribution is -2.55. The number of piperidine rings is 2. The van der Waals surface area contributed by atoms with Gasteiger partial charge in [-0.1, -0.05) is 0 Å². The van der Waals surface area contributed by atoms with Crippen molar-refractivity contribution in [2.24, 2.45) is 16.6 Å². The molecule has 2 N–H and O–H groups in total. The summed E-state index contributed by atoms with van der Waals surface area (Å²) in [5.41, 5.74) is 6.11. The van der Waals surface area contributed by atoms with E-state index in [1.807, 2.05) is 0 Å². The van der Waals surface area contributed by atoms with Crippen LogP contribution in [0.1, 0.15) is 32.1 Å². The second-order valence-electron chi connectivity index (χ2n) is 5.90. The fourth-order valence-electron chi connectivity index (χ4n) is 3.33. The maximum atomic E-state index is 6.11. The number of fused-ring (bicyclic) bond motifs is 1. The maximum absolute atomic E-state index is 6.11. The zero-order chi connectivity index (χ0) is 11.8. The van der Waals surface area contributed by atoms with E-state index >= 15 is 0 Å². The number of nitrogens with zero attached hydrogens (tertiary/aromatic N) is 3. The molecule has 0 radical (unpaired) electrons. The van der Waals surface area contributed by atoms with Gasteiger partial charge in [-0.3, -0.25) is 0 Å². The van der Waals surface area contributed by atoms with Gasteiger partial charge in [0.25, 0.3) is 0 Å². The highest BCUT2D eigenvalue weighted by Gasteiger charge is 2.35. The Labute approximate surface area is 104 Å². The molecule has 0 aromatic heterocycles. The van der Waals surface area contributed by atoms with Crippen LogP contribution < -0.4 is 5.73 Å². The van der Waals surface area contributed by atoms with Crippen molar-refractivity contribution in [3.05, 3.63) is 0 Å². The van der Waals surface area contributed by atoms with Gasteiger partial charge in [-0.25, -0.2) is 4.99 Å². The Kier molecular flexibility index (Phi) is 2.99. The van der Waals surface area contributed by atoms with Crippen molar-refractivity contribution < 1.29 is 0 Å². The summed E-state index contributed by atoms with van der Waals surface area (Å²) in [7, 11) is 2.27. The Hall–Kier alpha value is -0.770. The zero-order valence-corrected chi connectivity index (χ0v) is 10.8. The van der Waals surface area contributed by atoms with Crippen LogP contribution in [0.4, 0.5) is 0 Å². The van der Waals surface area contributed by atoms with Gasteiger partial charge in [0.15, 0.2) is 5.96 Å². The summed E-state index contributed by atoms with van der Waals surface area (Å²) in [6.07, 6.45) is 6.43. The first-order valence-electron chi connectivity index (χ1n) is 7.02. The van der Waals surface area contributed by atoms with Crippen LogP contribution in [-0.4, -0.2) is 54.5 Å². The van der Waals surface area contributed by atoms with Crippen LogP contribution in [0.5, 0.6) is 0 Å². The average Bonchev–Trinajstić information content (AvgIpc) is 3.13. The van der Waals surface area contributed by atoms with E-state index < -0.39 is 0 Å². The molecule has 2 atom stereocenters. The van der Waals surface area contributed by atoms with Crippen LogP contribution >= 0.6 is 0 Å². The number of aliphatic imine (C=N–C) groups is 1. The smallest absolute Gasteiger partial charge is 0.191 e. The molecule has 3 aliphatic rings. The Morgan fingerprint density at radius 1 is 1.18 bits per heavy atom. The van der Waals surface area contributed by atoms with Crippen molar-refractivity contribution in [1.82, 2.24) is 9.80 Å². The molecule has 3 rings (SSSR count). The largest absolute Gasteiger partial charge is 0.370 e. The third-order valence-corrected chi connectivity index (χ3v) is 4.53. The molecule has 1 saturated carbocycles. The number of rotatable bonds is 1. The highest BCUT2D eigenvalue weighted by Crippen LogP contribution is 2.30. The molecule has 1 aliphatic carbocycles. The summed E-state index contributed by atoms with van der Waals surface area (Å²) in [4.78, 5) is 9.44. The lowest BCUT2D eigenvalue weighted by molar-refractivity contribution is 0.0627. The van der Waals surface area contributed by atoms with Crippen LogP contribution in [0.25, 0.3) is 0 Å². The third kappa shape index (κ3) is 2.41. The predicted molar refractivity (Wildman–Crippen MR) is 70.0 cm³/mol. The van der Waals surface area contributed by atoms with Gasteiger partial charge in [0, 0.05) is 19.1 Å². The van der Waals surface area contributed by atoms with E-state index in [0.717, 1.165) is 31.0 Å². The molecule has 0 amide bonds. The van der Waals surface area contributed by atoms with Crippen LogP contribution in [0.2, 0.25) is 0 Å². The number of nitrogens with two attached hydrogens (primary N) is 1. The van der Waals surface area contributed by atoms with Crippen LogP contribution in [0, 0.1) is 5.92 Å². The molecule has 2 aliphatic heterocycles. The number of guanidine groups is 1. The molecular formula is C13H24N4. The third-order valence-electron chi connectivity index (χ3n) is 4.53. The summed E-state index contributed by atoms with van der Waals surface area (Å²) in [6.45, 7) is 3.48. The number of likely N-dealkylation sites (tertiary alicyclic amines) is 2. The van der Waals surface area contributed by atoms with Crippen LogP contribution in [0.3, 0.4) is 0 Å². The predicted octanol–water partition coefficient (Wildman–Crippen LogP) is 0.880. The molecule has 2 saturated heterocycles. The molecule has 4 heteroatoms. The fraction of sp³-hybridized carbons (Fsp3) is 0.923. The lowest BCUT2D eigenvalue weighted by Gasteiger charge is -2.46. The van der Waals surface area contributed by atoms with E-state index in [1.165, 1.54) is 38.6 Å². The molecule has 0 spiro atoms. The molecule has 0 bridgehead atoms. The van der Waals surface area contributed by atoms with Gasteiger partial charge in [0.05, 0.1) is 6.04 Å². The highest BCUT2D eigenvalue weighted by molar-refractivity contribution is 5.78. The van der Waals surface area contributed by atoms with Crippen molar-refractivity contribution in [2.75, 3.05) is 26.7 Å². The van der Waals surface area contributed by atoms with E-state index in [9.17, 15) is 0 Å². The second kappa shape index (κ2) is 4.48. The van der Waals surface area contributed by atoms with Crippen LogP contribution in [0.15, 0.2) is 4.99 Å². The molecule has 2 unspecified atom stereocenters. The molecule has 96 valence electrons. The van der Waals surface area contributed by atoms with Gasteiger partial charge in [-0.05, 0) is 51.6 Å². The first kappa shape index (κ1) is 11.3. The molecule has 0 aromatic rings. The van der Waals surface area contributed by atoms with Gasteiger partial charge in [0.2, 0.25) is 0 Å². The lowest BCUT2D eigenvalue weighted by atomic mass is 9.84. The minimum atomic E-state index is 0.543. The highest BCUT2D eigenvalue weighted by atomic mass is 15.3. The first-order valence-corrected chi connectivity index (χ1v) is 7.02. The van der Waals surface area contributed by atoms with Crippen molar-refractivity contribution >= 4 is 5.96 Å². The zero-order valence-electron chi connectivity index (χ0n) is 10.8. The van der Waals surface area contributed by atoms with E-state index in [2.05, 4.69) is 21.8 Å². The van der Waals surface area contributed by atoms with Crippen molar-refractivity contribution in [2.45, 2.75) is 44.2 Å². The monoisotopic (exact) mass is 236 g/mol. The van der Waals surface area contributed by atoms with E-state index in [4.69, 9.17) is 5.73 Å². The molecule has 17 heavy (non-hydrogen) atoms. The number of hydrogen-bond donors (Lipinski definition) is 1. The maximum Gasteiger partial charge on any atom is 0.191 e. The second-order valence-corrected chi connectivity index (χ2v) is 5.90. The molecule has 3 fully saturated rings. The number of hydrogen-bond acceptors (Lipinski definition) is 2. The quantitative estimate of drug-likeness (QED) is 0.543. The van der Waals surface area contributed by atoms with Crippen LogP contribution in [-0.2, 0) is 0 Å². The molecule has 2 heterocycles. The topological polar surface area (TPSA) is 44.9 Å². The summed E-state index contributed by atoms with van der Waals surface area (Å²) in [5.74, 6) is 1.61. The summed E-state index contributed by atoms with van der Waals surface area (Å²) in [6, 6.07) is 1.33. The van der Waals surface area contributed by atoms with Crippen molar-refractivity contribution in [3.8, 4) is 0 Å². The Balaban J connectivity index is 1.63. The summed E-state index contributed by atoms with van der Waals surface area (Å²) in [5, 5.41) is 0. The van der Waals surface area contributed by atoms with Gasteiger partial charge < -0.3 is 15.5 Å². The summed E-state index contributed by atoms with van der Waals surface area (Å²) < 4.78 is 0. The van der Waals surface area contributed by atoms with Crippen molar-refractivity contribution in [3.63, 3.8) is 0 Å². The Morgan fingerprint density at radius 2 is 2.00 bits per heavy atom. The Morgan fingerprint density at radius 3 is 2.76 bits per heavy atom. The SMILES string of the molecule is CN1CCCC2CN(C(N)=NC3CC3)CCC21. The molecular weight excluding hydrogens is 212 g/mol. The van der Waals surface area contributed by atoms with E-state index in [0.29, 0.717) is 6.04 Å².